The molecule has 0 saturated carbocycles. The van der Waals surface area contributed by atoms with Gasteiger partial charge in [-0.2, -0.15) is 0 Å². The molecule has 1 amide bonds. The molecule has 0 N–H and O–H groups in total. The quantitative estimate of drug-likeness (QED) is 0.856. The number of nitrogens with zero attached hydrogens (tertiary/aromatic N) is 2. The van der Waals surface area contributed by atoms with Crippen molar-refractivity contribution in [1.82, 2.24) is 9.88 Å². The van der Waals surface area contributed by atoms with Crippen molar-refractivity contribution in [1.29, 1.82) is 0 Å². The van der Waals surface area contributed by atoms with Crippen molar-refractivity contribution in [2.45, 2.75) is 20.0 Å². The van der Waals surface area contributed by atoms with Gasteiger partial charge in [0.25, 0.3) is 5.91 Å². The molecular formula is C16H18N2O2S. The first-order valence-electron chi connectivity index (χ1n) is 7.09. The van der Waals surface area contributed by atoms with Gasteiger partial charge >= 0.3 is 0 Å². The van der Waals surface area contributed by atoms with Crippen LogP contribution in [0.3, 0.4) is 0 Å². The van der Waals surface area contributed by atoms with Gasteiger partial charge in [-0.3, -0.25) is 4.79 Å². The van der Waals surface area contributed by atoms with Crippen LogP contribution in [0.2, 0.25) is 0 Å². The zero-order chi connectivity index (χ0) is 14.8. The molecule has 1 fully saturated rings. The number of hydrogen-bond acceptors (Lipinski definition) is 4. The molecule has 2 heterocycles. The number of hydrogen-bond donors (Lipinski definition) is 0. The fraction of sp³-hybridized carbons (Fsp3) is 0.375. The second kappa shape index (κ2) is 5.95. The van der Waals surface area contributed by atoms with Crippen molar-refractivity contribution in [2.24, 2.45) is 0 Å². The third-order valence-corrected chi connectivity index (χ3v) is 4.73. The van der Waals surface area contributed by atoms with E-state index < -0.39 is 0 Å². The van der Waals surface area contributed by atoms with Crippen LogP contribution in [-0.2, 0) is 4.74 Å². The van der Waals surface area contributed by atoms with Crippen LogP contribution in [0.1, 0.15) is 22.3 Å². The van der Waals surface area contributed by atoms with E-state index in [1.807, 2.05) is 49.1 Å². The lowest BCUT2D eigenvalue weighted by Gasteiger charge is -2.30. The summed E-state index contributed by atoms with van der Waals surface area (Å²) in [6.07, 6.45) is 0.101. The van der Waals surface area contributed by atoms with Crippen molar-refractivity contribution < 1.29 is 9.53 Å². The minimum absolute atomic E-state index is 0.0716. The zero-order valence-electron chi connectivity index (χ0n) is 12.2. The first-order chi connectivity index (χ1) is 10.1. The summed E-state index contributed by atoms with van der Waals surface area (Å²) in [4.78, 5) is 19.8. The zero-order valence-corrected chi connectivity index (χ0v) is 13.0. The third kappa shape index (κ3) is 2.99. The van der Waals surface area contributed by atoms with Crippen LogP contribution in [0.15, 0.2) is 30.3 Å². The number of rotatable bonds is 2. The highest BCUT2D eigenvalue weighted by Crippen LogP contribution is 2.29. The van der Waals surface area contributed by atoms with Gasteiger partial charge in [0.2, 0.25) is 0 Å². The number of amides is 1. The summed E-state index contributed by atoms with van der Waals surface area (Å²) in [7, 11) is 0. The van der Waals surface area contributed by atoms with E-state index in [1.165, 1.54) is 11.3 Å². The molecule has 1 aliphatic rings. The molecule has 1 atom stereocenters. The average Bonchev–Trinajstić information content (AvgIpc) is 2.89. The SMILES string of the molecule is Cc1nc(-c2ccccc2)sc1C(=O)N1CCO[C@@H](C)C1. The average molecular weight is 302 g/mol. The van der Waals surface area contributed by atoms with Gasteiger partial charge in [-0.05, 0) is 13.8 Å². The molecular weight excluding hydrogens is 284 g/mol. The van der Waals surface area contributed by atoms with Crippen molar-refractivity contribution in [2.75, 3.05) is 19.7 Å². The van der Waals surface area contributed by atoms with E-state index >= 15 is 0 Å². The summed E-state index contributed by atoms with van der Waals surface area (Å²) in [6, 6.07) is 9.98. The van der Waals surface area contributed by atoms with Crippen LogP contribution in [0, 0.1) is 6.92 Å². The van der Waals surface area contributed by atoms with Gasteiger partial charge < -0.3 is 9.64 Å². The van der Waals surface area contributed by atoms with E-state index in [0.29, 0.717) is 19.7 Å². The number of thiazole rings is 1. The van der Waals surface area contributed by atoms with E-state index in [9.17, 15) is 4.79 Å². The van der Waals surface area contributed by atoms with Crippen LogP contribution in [0.25, 0.3) is 10.6 Å². The molecule has 5 heteroatoms. The summed E-state index contributed by atoms with van der Waals surface area (Å²) in [5, 5.41) is 0.901. The van der Waals surface area contributed by atoms with Gasteiger partial charge in [-0.15, -0.1) is 11.3 Å². The molecule has 0 spiro atoms. The predicted octanol–water partition coefficient (Wildman–Crippen LogP) is 2.98. The van der Waals surface area contributed by atoms with Gasteiger partial charge in [-0.1, -0.05) is 30.3 Å². The van der Waals surface area contributed by atoms with Gasteiger partial charge in [0.05, 0.1) is 18.4 Å². The fourth-order valence-electron chi connectivity index (χ4n) is 2.45. The smallest absolute Gasteiger partial charge is 0.266 e. The molecule has 1 aromatic carbocycles. The largest absolute Gasteiger partial charge is 0.375 e. The van der Waals surface area contributed by atoms with E-state index in [4.69, 9.17) is 4.74 Å². The number of aromatic nitrogens is 1. The molecule has 1 aliphatic heterocycles. The summed E-state index contributed by atoms with van der Waals surface area (Å²) in [5.41, 5.74) is 1.86. The molecule has 110 valence electrons. The molecule has 1 saturated heterocycles. The molecule has 21 heavy (non-hydrogen) atoms. The first kappa shape index (κ1) is 14.2. The van der Waals surface area contributed by atoms with Gasteiger partial charge in [0.1, 0.15) is 9.88 Å². The summed E-state index contributed by atoms with van der Waals surface area (Å²) < 4.78 is 5.49. The molecule has 0 unspecified atom stereocenters. The maximum atomic E-state index is 12.7. The van der Waals surface area contributed by atoms with Crippen molar-refractivity contribution in [3.8, 4) is 10.6 Å². The summed E-state index contributed by atoms with van der Waals surface area (Å²) >= 11 is 1.47. The molecule has 0 radical (unpaired) electrons. The Morgan fingerprint density at radius 2 is 2.14 bits per heavy atom. The van der Waals surface area contributed by atoms with E-state index in [0.717, 1.165) is 21.1 Å². The Morgan fingerprint density at radius 3 is 2.86 bits per heavy atom. The van der Waals surface area contributed by atoms with E-state index in [-0.39, 0.29) is 12.0 Å². The Labute approximate surface area is 128 Å². The monoisotopic (exact) mass is 302 g/mol. The lowest BCUT2D eigenvalue weighted by Crippen LogP contribution is -2.44. The molecule has 2 aromatic rings. The van der Waals surface area contributed by atoms with E-state index in [2.05, 4.69) is 4.98 Å². The minimum Gasteiger partial charge on any atom is -0.375 e. The number of carbonyl (C=O) groups is 1. The minimum atomic E-state index is 0.0716. The Morgan fingerprint density at radius 1 is 1.38 bits per heavy atom. The Bertz CT molecular complexity index is 639. The molecule has 0 bridgehead atoms. The third-order valence-electron chi connectivity index (χ3n) is 3.54. The fourth-order valence-corrected chi connectivity index (χ4v) is 3.49. The topological polar surface area (TPSA) is 42.4 Å². The molecule has 0 aliphatic carbocycles. The predicted molar refractivity (Wildman–Crippen MR) is 83.6 cm³/mol. The Kier molecular flexibility index (Phi) is 4.03. The summed E-state index contributed by atoms with van der Waals surface area (Å²) in [5.74, 6) is 0.0716. The highest BCUT2D eigenvalue weighted by Gasteiger charge is 2.25. The number of ether oxygens (including phenoxy) is 1. The maximum absolute atomic E-state index is 12.7. The lowest BCUT2D eigenvalue weighted by atomic mass is 10.2. The number of carbonyl (C=O) groups excluding carboxylic acids is 1. The van der Waals surface area contributed by atoms with Crippen LogP contribution in [0.5, 0.6) is 0 Å². The Balaban J connectivity index is 1.86. The normalized spacial score (nSPS) is 18.8. The molecule has 1 aromatic heterocycles. The van der Waals surface area contributed by atoms with Crippen molar-refractivity contribution in [3.63, 3.8) is 0 Å². The number of morpholine rings is 1. The van der Waals surface area contributed by atoms with Crippen LogP contribution in [0.4, 0.5) is 0 Å². The van der Waals surface area contributed by atoms with Crippen LogP contribution < -0.4 is 0 Å². The van der Waals surface area contributed by atoms with Crippen LogP contribution in [-0.4, -0.2) is 41.6 Å². The number of benzene rings is 1. The van der Waals surface area contributed by atoms with Crippen LogP contribution >= 0.6 is 11.3 Å². The molecule has 3 rings (SSSR count). The van der Waals surface area contributed by atoms with Gasteiger partial charge in [-0.25, -0.2) is 4.98 Å². The van der Waals surface area contributed by atoms with Gasteiger partial charge in [0, 0.05) is 18.7 Å². The summed E-state index contributed by atoms with van der Waals surface area (Å²) in [6.45, 7) is 5.81. The van der Waals surface area contributed by atoms with Crippen molar-refractivity contribution in [3.05, 3.63) is 40.9 Å². The van der Waals surface area contributed by atoms with E-state index in [1.54, 1.807) is 0 Å². The first-order valence-corrected chi connectivity index (χ1v) is 7.90. The maximum Gasteiger partial charge on any atom is 0.266 e. The lowest BCUT2D eigenvalue weighted by molar-refractivity contribution is -0.0122. The van der Waals surface area contributed by atoms with Gasteiger partial charge in [0.15, 0.2) is 0 Å². The number of aryl methyl sites for hydroxylation is 1. The van der Waals surface area contributed by atoms with Crippen molar-refractivity contribution >= 4 is 17.2 Å². The standard InChI is InChI=1S/C16H18N2O2S/c1-11-10-18(8-9-20-11)16(19)14-12(2)17-15(21-14)13-6-4-3-5-7-13/h3-7,11H,8-10H2,1-2H3/t11-/m0/s1. The second-order valence-electron chi connectivity index (χ2n) is 5.23. The highest BCUT2D eigenvalue weighted by molar-refractivity contribution is 7.17. The second-order valence-corrected chi connectivity index (χ2v) is 6.23. The highest BCUT2D eigenvalue weighted by atomic mass is 32.1. The molecule has 4 nitrogen and oxygen atoms in total. The Hall–Kier alpha value is -1.72.